The van der Waals surface area contributed by atoms with Gasteiger partial charge in [-0.1, -0.05) is 18.2 Å². The highest BCUT2D eigenvalue weighted by Gasteiger charge is 2.17. The van der Waals surface area contributed by atoms with E-state index < -0.39 is 5.97 Å². The molecule has 1 aromatic heterocycles. The lowest BCUT2D eigenvalue weighted by atomic mass is 10.2. The molecule has 94 valence electrons. The van der Waals surface area contributed by atoms with Crippen LogP contribution in [0.25, 0.3) is 0 Å². The van der Waals surface area contributed by atoms with Crippen LogP contribution in [0.5, 0.6) is 5.75 Å². The van der Waals surface area contributed by atoms with E-state index in [2.05, 4.69) is 5.10 Å². The first-order valence-corrected chi connectivity index (χ1v) is 5.72. The molecule has 2 N–H and O–H groups in total. The molecule has 0 bridgehead atoms. The topological polar surface area (TPSA) is 70.1 Å². The zero-order valence-corrected chi connectivity index (χ0v) is 10.4. The maximum Gasteiger partial charge on any atom is 0.348 e. The van der Waals surface area contributed by atoms with Gasteiger partial charge >= 0.3 is 5.97 Å². The van der Waals surface area contributed by atoms with Crippen molar-refractivity contribution in [2.24, 2.45) is 0 Å². The van der Waals surface area contributed by atoms with E-state index >= 15 is 0 Å². The van der Waals surface area contributed by atoms with Gasteiger partial charge in [0.15, 0.2) is 0 Å². The lowest BCUT2D eigenvalue weighted by Crippen LogP contribution is -2.12. The molecule has 0 fully saturated rings. The molecule has 0 spiro atoms. The van der Waals surface area contributed by atoms with Gasteiger partial charge in [0.05, 0.1) is 6.20 Å². The monoisotopic (exact) mass is 245 g/mol. The normalized spacial score (nSPS) is 10.3. The number of esters is 1. The highest BCUT2D eigenvalue weighted by molar-refractivity contribution is 5.95. The Morgan fingerprint density at radius 1 is 1.44 bits per heavy atom. The number of hydrogen-bond acceptors (Lipinski definition) is 4. The van der Waals surface area contributed by atoms with E-state index in [1.807, 2.05) is 32.0 Å². The molecule has 2 rings (SSSR count). The highest BCUT2D eigenvalue weighted by Crippen LogP contribution is 2.19. The van der Waals surface area contributed by atoms with Crippen molar-refractivity contribution >= 4 is 11.8 Å². The molecular formula is C13H15N3O2. The maximum absolute atomic E-state index is 12.0. The molecule has 0 saturated heterocycles. The molecule has 0 aliphatic rings. The van der Waals surface area contributed by atoms with Crippen molar-refractivity contribution in [2.45, 2.75) is 20.4 Å². The van der Waals surface area contributed by atoms with Crippen LogP contribution in [0.15, 0.2) is 30.5 Å². The molecule has 0 amide bonds. The van der Waals surface area contributed by atoms with Gasteiger partial charge in [0.1, 0.15) is 17.1 Å². The first-order valence-electron chi connectivity index (χ1n) is 5.72. The standard InChI is InChI=1S/C13H15N3O2/c1-3-16-12(14)10(8-15-16)13(17)18-11-7-5-4-6-9(11)2/h4-8H,3,14H2,1-2H3. The van der Waals surface area contributed by atoms with Gasteiger partial charge in [-0.3, -0.25) is 0 Å². The number of carbonyl (C=O) groups excluding carboxylic acids is 1. The van der Waals surface area contributed by atoms with Crippen LogP contribution in [-0.4, -0.2) is 15.7 Å². The average molecular weight is 245 g/mol. The Kier molecular flexibility index (Phi) is 3.32. The van der Waals surface area contributed by atoms with Crippen molar-refractivity contribution in [2.75, 3.05) is 5.73 Å². The molecule has 2 aromatic rings. The van der Waals surface area contributed by atoms with E-state index in [4.69, 9.17) is 10.5 Å². The number of nitrogens with zero attached hydrogens (tertiary/aromatic N) is 2. The number of aromatic nitrogens is 2. The summed E-state index contributed by atoms with van der Waals surface area (Å²) >= 11 is 0. The van der Waals surface area contributed by atoms with Crippen LogP contribution in [0, 0.1) is 6.92 Å². The Hall–Kier alpha value is -2.30. The van der Waals surface area contributed by atoms with Gasteiger partial charge in [-0.2, -0.15) is 5.10 Å². The van der Waals surface area contributed by atoms with E-state index in [-0.39, 0.29) is 0 Å². The third-order valence-electron chi connectivity index (χ3n) is 2.70. The predicted octanol–water partition coefficient (Wildman–Crippen LogP) is 2.01. The fourth-order valence-electron chi connectivity index (χ4n) is 1.63. The Morgan fingerprint density at radius 2 is 2.17 bits per heavy atom. The van der Waals surface area contributed by atoms with Crippen LogP contribution in [0.4, 0.5) is 5.82 Å². The molecule has 1 aromatic carbocycles. The van der Waals surface area contributed by atoms with Crippen LogP contribution in [0.3, 0.4) is 0 Å². The molecule has 0 radical (unpaired) electrons. The number of para-hydroxylation sites is 1. The molecule has 18 heavy (non-hydrogen) atoms. The molecule has 0 aliphatic heterocycles. The van der Waals surface area contributed by atoms with Crippen molar-refractivity contribution in [3.05, 3.63) is 41.6 Å². The summed E-state index contributed by atoms with van der Waals surface area (Å²) in [6.07, 6.45) is 1.43. The van der Waals surface area contributed by atoms with Crippen molar-refractivity contribution in [3.8, 4) is 5.75 Å². The fraction of sp³-hybridized carbons (Fsp3) is 0.231. The fourth-order valence-corrected chi connectivity index (χ4v) is 1.63. The summed E-state index contributed by atoms with van der Waals surface area (Å²) in [6.45, 7) is 4.39. The number of nitrogens with two attached hydrogens (primary N) is 1. The number of rotatable bonds is 3. The number of benzene rings is 1. The van der Waals surface area contributed by atoms with E-state index in [0.717, 1.165) is 5.56 Å². The summed E-state index contributed by atoms with van der Waals surface area (Å²) in [6, 6.07) is 7.32. The predicted molar refractivity (Wildman–Crippen MR) is 68.5 cm³/mol. The highest BCUT2D eigenvalue weighted by atomic mass is 16.5. The molecule has 0 unspecified atom stereocenters. The maximum atomic E-state index is 12.0. The molecule has 0 saturated carbocycles. The molecule has 0 atom stereocenters. The molecule has 1 heterocycles. The molecule has 0 aliphatic carbocycles. The first-order chi connectivity index (χ1) is 8.63. The second-order valence-electron chi connectivity index (χ2n) is 3.91. The number of anilines is 1. The van der Waals surface area contributed by atoms with Crippen LogP contribution in [0.1, 0.15) is 22.8 Å². The molecular weight excluding hydrogens is 230 g/mol. The van der Waals surface area contributed by atoms with Gasteiger partial charge in [-0.25, -0.2) is 9.48 Å². The first kappa shape index (κ1) is 12.2. The van der Waals surface area contributed by atoms with E-state index in [0.29, 0.717) is 23.7 Å². The number of ether oxygens (including phenoxy) is 1. The molecule has 5 nitrogen and oxygen atoms in total. The zero-order chi connectivity index (χ0) is 13.1. The zero-order valence-electron chi connectivity index (χ0n) is 10.4. The number of carbonyl (C=O) groups is 1. The number of nitrogen functional groups attached to an aromatic ring is 1. The second-order valence-corrected chi connectivity index (χ2v) is 3.91. The minimum absolute atomic E-state index is 0.292. The number of aryl methyl sites for hydroxylation is 2. The summed E-state index contributed by atoms with van der Waals surface area (Å²) in [4.78, 5) is 12.0. The van der Waals surface area contributed by atoms with Crippen molar-refractivity contribution in [3.63, 3.8) is 0 Å². The summed E-state index contributed by atoms with van der Waals surface area (Å²) < 4.78 is 6.85. The van der Waals surface area contributed by atoms with Crippen LogP contribution in [-0.2, 0) is 6.54 Å². The minimum Gasteiger partial charge on any atom is -0.423 e. The summed E-state index contributed by atoms with van der Waals surface area (Å²) in [5, 5.41) is 4.01. The van der Waals surface area contributed by atoms with Crippen molar-refractivity contribution in [1.29, 1.82) is 0 Å². The SMILES string of the molecule is CCn1ncc(C(=O)Oc2ccccc2C)c1N. The van der Waals surface area contributed by atoms with Crippen molar-refractivity contribution in [1.82, 2.24) is 9.78 Å². The van der Waals surface area contributed by atoms with Crippen LogP contribution >= 0.6 is 0 Å². The van der Waals surface area contributed by atoms with Crippen LogP contribution < -0.4 is 10.5 Å². The Bertz CT molecular complexity index is 575. The van der Waals surface area contributed by atoms with Gasteiger partial charge in [0, 0.05) is 6.54 Å². The van der Waals surface area contributed by atoms with Crippen molar-refractivity contribution < 1.29 is 9.53 Å². The Balaban J connectivity index is 2.22. The minimum atomic E-state index is -0.485. The lowest BCUT2D eigenvalue weighted by molar-refractivity contribution is 0.0734. The Labute approximate surface area is 105 Å². The summed E-state index contributed by atoms with van der Waals surface area (Å²) in [5.41, 5.74) is 6.99. The Morgan fingerprint density at radius 3 is 2.78 bits per heavy atom. The summed E-state index contributed by atoms with van der Waals surface area (Å²) in [7, 11) is 0. The van der Waals surface area contributed by atoms with Gasteiger partial charge in [0.25, 0.3) is 0 Å². The largest absolute Gasteiger partial charge is 0.423 e. The van der Waals surface area contributed by atoms with Crippen LogP contribution in [0.2, 0.25) is 0 Å². The quantitative estimate of drug-likeness (QED) is 0.663. The summed E-state index contributed by atoms with van der Waals surface area (Å²) in [5.74, 6) is 0.378. The smallest absolute Gasteiger partial charge is 0.348 e. The van der Waals surface area contributed by atoms with E-state index in [1.165, 1.54) is 6.20 Å². The third kappa shape index (κ3) is 2.20. The van der Waals surface area contributed by atoms with Gasteiger partial charge in [-0.15, -0.1) is 0 Å². The van der Waals surface area contributed by atoms with Gasteiger partial charge in [0.2, 0.25) is 0 Å². The van der Waals surface area contributed by atoms with Gasteiger partial charge < -0.3 is 10.5 Å². The van der Waals surface area contributed by atoms with E-state index in [1.54, 1.807) is 10.7 Å². The molecule has 5 heteroatoms. The lowest BCUT2D eigenvalue weighted by Gasteiger charge is -2.06. The van der Waals surface area contributed by atoms with Gasteiger partial charge in [-0.05, 0) is 25.5 Å². The average Bonchev–Trinajstić information content (AvgIpc) is 2.73. The second kappa shape index (κ2) is 4.91. The number of hydrogen-bond donors (Lipinski definition) is 1. The third-order valence-corrected chi connectivity index (χ3v) is 2.70. The van der Waals surface area contributed by atoms with E-state index in [9.17, 15) is 4.79 Å².